The van der Waals surface area contributed by atoms with Crippen molar-refractivity contribution in [1.82, 2.24) is 0 Å². The molecule has 2 fully saturated rings. The van der Waals surface area contributed by atoms with Gasteiger partial charge in [0.05, 0.1) is 5.60 Å². The maximum absolute atomic E-state index is 12.0. The van der Waals surface area contributed by atoms with Gasteiger partial charge in [-0.25, -0.2) is 0 Å². The molecule has 0 radical (unpaired) electrons. The summed E-state index contributed by atoms with van der Waals surface area (Å²) in [5.74, 6) is 0.929. The standard InChI is InChI=1S/C15H26O2Si/c1-5-15(17-18(6-2,7-3)8-4)12-9-10-13(15)14(16)11-12/h5,12-13H,1,6-11H2,2-4H3/t12-,13+,15-/m0/s1. The summed E-state index contributed by atoms with van der Waals surface area (Å²) in [4.78, 5) is 12.0. The monoisotopic (exact) mass is 266 g/mol. The summed E-state index contributed by atoms with van der Waals surface area (Å²) in [6, 6.07) is 3.43. The first-order valence-electron chi connectivity index (χ1n) is 7.44. The number of hydrogen-bond donors (Lipinski definition) is 0. The Kier molecular flexibility index (Phi) is 3.84. The van der Waals surface area contributed by atoms with E-state index in [1.165, 1.54) is 0 Å². The van der Waals surface area contributed by atoms with Gasteiger partial charge in [-0.1, -0.05) is 26.8 Å². The molecule has 0 aromatic rings. The minimum atomic E-state index is -1.67. The number of carbonyl (C=O) groups excluding carboxylic acids is 1. The Morgan fingerprint density at radius 2 is 1.94 bits per heavy atom. The molecule has 0 aromatic carbocycles. The van der Waals surface area contributed by atoms with Gasteiger partial charge in [0.2, 0.25) is 0 Å². The molecule has 2 saturated carbocycles. The molecular weight excluding hydrogens is 240 g/mol. The van der Waals surface area contributed by atoms with Crippen LogP contribution >= 0.6 is 0 Å². The van der Waals surface area contributed by atoms with E-state index in [9.17, 15) is 4.79 Å². The van der Waals surface area contributed by atoms with Crippen LogP contribution in [0.5, 0.6) is 0 Å². The fourth-order valence-electron chi connectivity index (χ4n) is 4.01. The highest BCUT2D eigenvalue weighted by atomic mass is 28.4. The molecule has 0 heterocycles. The maximum Gasteiger partial charge on any atom is 0.193 e. The lowest BCUT2D eigenvalue weighted by molar-refractivity contribution is -0.123. The Balaban J connectivity index is 2.30. The minimum Gasteiger partial charge on any atom is -0.407 e. The van der Waals surface area contributed by atoms with E-state index in [0.29, 0.717) is 11.7 Å². The Labute approximate surface area is 112 Å². The molecule has 0 aliphatic heterocycles. The van der Waals surface area contributed by atoms with E-state index >= 15 is 0 Å². The highest BCUT2D eigenvalue weighted by molar-refractivity contribution is 6.73. The lowest BCUT2D eigenvalue weighted by Gasteiger charge is -2.41. The first-order valence-corrected chi connectivity index (χ1v) is 9.97. The number of ketones is 1. The second-order valence-corrected chi connectivity index (χ2v) is 10.6. The second kappa shape index (κ2) is 4.93. The zero-order chi connectivity index (χ0) is 13.4. The van der Waals surface area contributed by atoms with E-state index in [1.807, 2.05) is 6.08 Å². The SMILES string of the molecule is C=C[C@]1(O[Si](CC)(CC)CC)[C@H]2CC[C@@H]1C(=O)C2. The highest BCUT2D eigenvalue weighted by Crippen LogP contribution is 2.54. The summed E-state index contributed by atoms with van der Waals surface area (Å²) in [6.07, 6.45) is 4.85. The van der Waals surface area contributed by atoms with Crippen LogP contribution in [0, 0.1) is 11.8 Å². The predicted octanol–water partition coefficient (Wildman–Crippen LogP) is 3.93. The highest BCUT2D eigenvalue weighted by Gasteiger charge is 2.60. The molecule has 3 heteroatoms. The van der Waals surface area contributed by atoms with E-state index in [1.54, 1.807) is 0 Å². The van der Waals surface area contributed by atoms with Crippen molar-refractivity contribution >= 4 is 14.1 Å². The van der Waals surface area contributed by atoms with Crippen molar-refractivity contribution < 1.29 is 9.22 Å². The molecule has 2 aliphatic rings. The summed E-state index contributed by atoms with van der Waals surface area (Å²) in [5.41, 5.74) is -0.300. The van der Waals surface area contributed by atoms with Crippen molar-refractivity contribution in [2.24, 2.45) is 11.8 Å². The predicted molar refractivity (Wildman–Crippen MR) is 77.0 cm³/mol. The van der Waals surface area contributed by atoms with Gasteiger partial charge in [0.1, 0.15) is 5.78 Å². The molecular formula is C15H26O2Si. The van der Waals surface area contributed by atoms with Gasteiger partial charge in [0.25, 0.3) is 0 Å². The van der Waals surface area contributed by atoms with E-state index in [-0.39, 0.29) is 11.5 Å². The van der Waals surface area contributed by atoms with E-state index < -0.39 is 8.32 Å². The average Bonchev–Trinajstić information content (AvgIpc) is 2.87. The lowest BCUT2D eigenvalue weighted by atomic mass is 9.92. The molecule has 0 saturated heterocycles. The van der Waals surface area contributed by atoms with Crippen molar-refractivity contribution in [3.63, 3.8) is 0 Å². The van der Waals surface area contributed by atoms with Gasteiger partial charge < -0.3 is 4.43 Å². The van der Waals surface area contributed by atoms with Crippen LogP contribution in [0.3, 0.4) is 0 Å². The van der Waals surface area contributed by atoms with Crippen molar-refractivity contribution in [2.45, 2.75) is 63.8 Å². The molecule has 0 unspecified atom stereocenters. The van der Waals surface area contributed by atoms with Crippen molar-refractivity contribution in [3.05, 3.63) is 12.7 Å². The van der Waals surface area contributed by atoms with E-state index in [4.69, 9.17) is 4.43 Å². The zero-order valence-electron chi connectivity index (χ0n) is 12.0. The smallest absolute Gasteiger partial charge is 0.193 e. The number of hydrogen-bond acceptors (Lipinski definition) is 2. The third-order valence-electron chi connectivity index (χ3n) is 5.47. The minimum absolute atomic E-state index is 0.108. The number of carbonyl (C=O) groups is 1. The summed E-state index contributed by atoms with van der Waals surface area (Å²) in [5, 5.41) is 0. The second-order valence-electron chi connectivity index (χ2n) is 5.90. The van der Waals surface area contributed by atoms with Crippen LogP contribution < -0.4 is 0 Å². The Morgan fingerprint density at radius 3 is 2.28 bits per heavy atom. The van der Waals surface area contributed by atoms with Crippen LogP contribution in [0.15, 0.2) is 12.7 Å². The largest absolute Gasteiger partial charge is 0.407 e. The Morgan fingerprint density at radius 1 is 1.33 bits per heavy atom. The summed E-state index contributed by atoms with van der Waals surface area (Å²) in [6.45, 7) is 10.8. The number of fused-ring (bicyclic) bond motifs is 2. The van der Waals surface area contributed by atoms with Crippen LogP contribution in [0.2, 0.25) is 18.1 Å². The van der Waals surface area contributed by atoms with Gasteiger partial charge >= 0.3 is 0 Å². The third kappa shape index (κ3) is 1.83. The van der Waals surface area contributed by atoms with Gasteiger partial charge in [-0.2, -0.15) is 0 Å². The first kappa shape index (κ1) is 14.0. The third-order valence-corrected chi connectivity index (χ3v) is 10.1. The molecule has 2 bridgehead atoms. The van der Waals surface area contributed by atoms with Crippen LogP contribution in [0.4, 0.5) is 0 Å². The fourth-order valence-corrected chi connectivity index (χ4v) is 7.08. The van der Waals surface area contributed by atoms with Gasteiger partial charge in [-0.3, -0.25) is 4.79 Å². The zero-order valence-corrected chi connectivity index (χ0v) is 13.0. The van der Waals surface area contributed by atoms with Crippen LogP contribution in [0.25, 0.3) is 0 Å². The van der Waals surface area contributed by atoms with Crippen molar-refractivity contribution in [2.75, 3.05) is 0 Å². The molecule has 0 spiro atoms. The first-order chi connectivity index (χ1) is 8.57. The number of Topliss-reactive ketones (excluding diaryl/α,β-unsaturated/α-hetero) is 1. The molecule has 2 rings (SSSR count). The normalized spacial score (nSPS) is 35.2. The Bertz CT molecular complexity index is 340. The topological polar surface area (TPSA) is 26.3 Å². The van der Waals surface area contributed by atoms with Crippen molar-refractivity contribution in [1.29, 1.82) is 0 Å². The molecule has 3 atom stereocenters. The molecule has 102 valence electrons. The lowest BCUT2D eigenvalue weighted by Crippen LogP contribution is -2.49. The Hall–Kier alpha value is -0.413. The van der Waals surface area contributed by atoms with Crippen LogP contribution in [0.1, 0.15) is 40.0 Å². The molecule has 0 aromatic heterocycles. The van der Waals surface area contributed by atoms with E-state index in [0.717, 1.165) is 37.4 Å². The van der Waals surface area contributed by atoms with Crippen molar-refractivity contribution in [3.8, 4) is 0 Å². The van der Waals surface area contributed by atoms with Crippen LogP contribution in [-0.4, -0.2) is 19.7 Å². The number of rotatable bonds is 6. The molecule has 18 heavy (non-hydrogen) atoms. The average molecular weight is 266 g/mol. The molecule has 2 aliphatic carbocycles. The van der Waals surface area contributed by atoms with Gasteiger partial charge in [0.15, 0.2) is 8.32 Å². The van der Waals surface area contributed by atoms with E-state index in [2.05, 4.69) is 27.4 Å². The van der Waals surface area contributed by atoms with Gasteiger partial charge in [-0.15, -0.1) is 6.58 Å². The summed E-state index contributed by atoms with van der Waals surface area (Å²) >= 11 is 0. The maximum atomic E-state index is 12.0. The van der Waals surface area contributed by atoms with Crippen LogP contribution in [-0.2, 0) is 9.22 Å². The summed E-state index contributed by atoms with van der Waals surface area (Å²) in [7, 11) is -1.67. The quantitative estimate of drug-likeness (QED) is 0.538. The molecule has 2 nitrogen and oxygen atoms in total. The van der Waals surface area contributed by atoms with Gasteiger partial charge in [0, 0.05) is 12.3 Å². The summed E-state index contributed by atoms with van der Waals surface area (Å²) < 4.78 is 6.74. The molecule has 0 amide bonds. The molecule has 0 N–H and O–H groups in total. The fraction of sp³-hybridized carbons (Fsp3) is 0.800. The van der Waals surface area contributed by atoms with Gasteiger partial charge in [-0.05, 0) is 36.9 Å².